The highest BCUT2D eigenvalue weighted by Gasteiger charge is 1.87. The Balaban J connectivity index is 0. The van der Waals surface area contributed by atoms with E-state index in [1.807, 2.05) is 0 Å². The van der Waals surface area contributed by atoms with Crippen LogP contribution in [0.1, 0.15) is 6.42 Å². The molecule has 0 aliphatic carbocycles. The molecule has 0 saturated heterocycles. The van der Waals surface area contributed by atoms with Crippen molar-refractivity contribution in [3.05, 3.63) is 0 Å². The molecule has 0 atom stereocenters. The minimum atomic E-state index is -0.836. The summed E-state index contributed by atoms with van der Waals surface area (Å²) in [5.74, 6) is -0.836. The van der Waals surface area contributed by atoms with Crippen LogP contribution in [0.3, 0.4) is 0 Å². The molecule has 0 saturated carbocycles. The number of aliphatic carboxylic acids is 1. The smallest absolute Gasteiger partial charge is 0.304 e. The van der Waals surface area contributed by atoms with Crippen LogP contribution in [0, 0.1) is 0 Å². The molecule has 3 nitrogen and oxygen atoms in total. The van der Waals surface area contributed by atoms with Crippen molar-refractivity contribution in [1.82, 2.24) is 0 Å². The fourth-order valence-corrected chi connectivity index (χ4v) is 0.123. The lowest BCUT2D eigenvalue weighted by molar-refractivity contribution is -0.136. The van der Waals surface area contributed by atoms with E-state index in [-0.39, 0.29) is 25.4 Å². The number of nitrogens with two attached hydrogens (primary N) is 1. The Bertz CT molecular complexity index is 56.9. The summed E-state index contributed by atoms with van der Waals surface area (Å²) in [7, 11) is 0. The van der Waals surface area contributed by atoms with Crippen molar-refractivity contribution in [3.8, 4) is 0 Å². The van der Waals surface area contributed by atoms with Crippen LogP contribution in [0.2, 0.25) is 0 Å². The molecule has 0 amide bonds. The normalized spacial score (nSPS) is 7.00. The van der Waals surface area contributed by atoms with E-state index in [4.69, 9.17) is 10.8 Å². The lowest BCUT2D eigenvalue weighted by Gasteiger charge is -1.80. The molecular weight excluding hydrogens is 117 g/mol. The van der Waals surface area contributed by atoms with Gasteiger partial charge in [-0.1, -0.05) is 0 Å². The summed E-state index contributed by atoms with van der Waals surface area (Å²) in [6.45, 7) is 0.231. The molecule has 0 aromatic carbocycles. The summed E-state index contributed by atoms with van der Waals surface area (Å²) in [6.07, 6.45) is 0.0694. The largest absolute Gasteiger partial charge is 0.481 e. The molecule has 0 aliphatic rings. The summed E-state index contributed by atoms with van der Waals surface area (Å²) in [5, 5.41) is 7.83. The first kappa shape index (κ1) is 9.87. The van der Waals surface area contributed by atoms with Gasteiger partial charge in [-0.15, -0.1) is 12.4 Å². The van der Waals surface area contributed by atoms with Crippen molar-refractivity contribution in [3.63, 3.8) is 0 Å². The van der Waals surface area contributed by atoms with Crippen LogP contribution < -0.4 is 5.73 Å². The van der Waals surface area contributed by atoms with Gasteiger partial charge >= 0.3 is 5.97 Å². The summed E-state index contributed by atoms with van der Waals surface area (Å²) in [4.78, 5) is 9.52. The Hall–Kier alpha value is -0.280. The lowest BCUT2D eigenvalue weighted by atomic mass is 10.5. The summed E-state index contributed by atoms with van der Waals surface area (Å²) in [5.41, 5.74) is 4.85. The Labute approximate surface area is 47.9 Å². The number of hydrogen-bond donors (Lipinski definition) is 2. The van der Waals surface area contributed by atoms with Crippen LogP contribution in [0.5, 0.6) is 0 Å². The van der Waals surface area contributed by atoms with Crippen molar-refractivity contribution < 1.29 is 9.90 Å². The monoisotopic (exact) mass is 125 g/mol. The Morgan fingerprint density at radius 1 is 1.71 bits per heavy atom. The first-order chi connectivity index (χ1) is 2.77. The number of hydrogen-bond acceptors (Lipinski definition) is 2. The first-order valence-electron chi connectivity index (χ1n) is 1.69. The fourth-order valence-electron chi connectivity index (χ4n) is 0.123. The van der Waals surface area contributed by atoms with Gasteiger partial charge in [0, 0.05) is 6.54 Å². The molecule has 0 radical (unpaired) electrons. The van der Waals surface area contributed by atoms with Gasteiger partial charge in [0.2, 0.25) is 0 Å². The van der Waals surface area contributed by atoms with Crippen molar-refractivity contribution >= 4 is 18.4 Å². The zero-order valence-corrected chi connectivity index (χ0v) is 4.57. The highest BCUT2D eigenvalue weighted by atomic mass is 35.5. The topological polar surface area (TPSA) is 63.3 Å². The predicted octanol–water partition coefficient (Wildman–Crippen LogP) is -0.158. The molecule has 0 aliphatic heterocycles. The zero-order chi connectivity index (χ0) is 4.99. The van der Waals surface area contributed by atoms with Crippen LogP contribution in [-0.4, -0.2) is 17.6 Å². The quantitative estimate of drug-likeness (QED) is 0.539. The molecule has 0 fully saturated rings. The van der Waals surface area contributed by atoms with Gasteiger partial charge < -0.3 is 10.8 Å². The van der Waals surface area contributed by atoms with E-state index in [0.717, 1.165) is 0 Å². The first-order valence-corrected chi connectivity index (χ1v) is 1.69. The minimum Gasteiger partial charge on any atom is -0.481 e. The number of rotatable bonds is 2. The lowest BCUT2D eigenvalue weighted by Crippen LogP contribution is -2.05. The van der Waals surface area contributed by atoms with Crippen LogP contribution in [0.4, 0.5) is 0 Å². The molecule has 4 heteroatoms. The third-order valence-corrected chi connectivity index (χ3v) is 0.358. The number of carboxylic acid groups (broad SMARTS) is 1. The Morgan fingerprint density at radius 2 is 2.14 bits per heavy atom. The van der Waals surface area contributed by atoms with E-state index in [9.17, 15) is 4.79 Å². The second kappa shape index (κ2) is 5.72. The molecule has 0 heterocycles. The Kier molecular flexibility index (Phi) is 8.06. The van der Waals surface area contributed by atoms with E-state index in [2.05, 4.69) is 0 Å². The number of carboxylic acids is 1. The van der Waals surface area contributed by atoms with E-state index in [0.29, 0.717) is 0 Å². The maximum Gasteiger partial charge on any atom is 0.304 e. The second-order valence-electron chi connectivity index (χ2n) is 0.932. The van der Waals surface area contributed by atoms with Crippen LogP contribution >= 0.6 is 12.4 Å². The van der Waals surface area contributed by atoms with Gasteiger partial charge in [0.05, 0.1) is 6.42 Å². The van der Waals surface area contributed by atoms with Crippen LogP contribution in [0.15, 0.2) is 0 Å². The van der Waals surface area contributed by atoms with Gasteiger partial charge in [-0.2, -0.15) is 0 Å². The Morgan fingerprint density at radius 3 is 2.14 bits per heavy atom. The molecule has 0 bridgehead atoms. The second-order valence-corrected chi connectivity index (χ2v) is 0.932. The van der Waals surface area contributed by atoms with Gasteiger partial charge in [0.25, 0.3) is 0 Å². The molecular formula is C3H8ClNO2. The summed E-state index contributed by atoms with van der Waals surface area (Å²) >= 11 is 0. The summed E-state index contributed by atoms with van der Waals surface area (Å²) < 4.78 is 0. The van der Waals surface area contributed by atoms with Crippen molar-refractivity contribution in [1.29, 1.82) is 0 Å². The van der Waals surface area contributed by atoms with Gasteiger partial charge in [0.15, 0.2) is 0 Å². The average molecular weight is 126 g/mol. The maximum absolute atomic E-state index is 9.52. The van der Waals surface area contributed by atoms with Gasteiger partial charge in [0.1, 0.15) is 0 Å². The molecule has 7 heavy (non-hydrogen) atoms. The third kappa shape index (κ3) is 10.7. The molecule has 0 unspecified atom stereocenters. The van der Waals surface area contributed by atoms with Crippen molar-refractivity contribution in [2.45, 2.75) is 6.42 Å². The molecule has 0 rings (SSSR count). The van der Waals surface area contributed by atoms with E-state index >= 15 is 0 Å². The standard InChI is InChI=1S/C3H7NO2.ClH/c4-2-1-3(5)6;/h1-2,4H2,(H,5,6);1H. The van der Waals surface area contributed by atoms with Gasteiger partial charge in [-0.05, 0) is 0 Å². The maximum atomic E-state index is 9.52. The fraction of sp³-hybridized carbons (Fsp3) is 0.667. The molecule has 0 aromatic rings. The van der Waals surface area contributed by atoms with Crippen LogP contribution in [-0.2, 0) is 4.79 Å². The van der Waals surface area contributed by atoms with E-state index in [1.165, 1.54) is 0 Å². The molecule has 3 N–H and O–H groups in total. The van der Waals surface area contributed by atoms with Crippen LogP contribution in [0.25, 0.3) is 0 Å². The van der Waals surface area contributed by atoms with E-state index in [1.54, 1.807) is 0 Å². The predicted molar refractivity (Wildman–Crippen MR) is 28.6 cm³/mol. The molecule has 44 valence electrons. The number of carbonyl (C=O) groups is 1. The molecule has 0 spiro atoms. The molecule has 0 aromatic heterocycles. The van der Waals surface area contributed by atoms with Gasteiger partial charge in [-0.3, -0.25) is 4.79 Å². The van der Waals surface area contributed by atoms with Crippen molar-refractivity contribution in [2.75, 3.05) is 6.54 Å². The van der Waals surface area contributed by atoms with Crippen molar-refractivity contribution in [2.24, 2.45) is 5.73 Å². The zero-order valence-electron chi connectivity index (χ0n) is 3.76. The third-order valence-electron chi connectivity index (χ3n) is 0.358. The van der Waals surface area contributed by atoms with Gasteiger partial charge in [-0.25, -0.2) is 0 Å². The SMILES string of the molecule is Cl.NCCC(=O)O. The highest BCUT2D eigenvalue weighted by Crippen LogP contribution is 1.67. The highest BCUT2D eigenvalue weighted by molar-refractivity contribution is 5.85. The number of halogens is 1. The summed E-state index contributed by atoms with van der Waals surface area (Å²) in [6, 6.07) is 0. The average Bonchev–Trinajstić information content (AvgIpc) is 1.35. The van der Waals surface area contributed by atoms with E-state index < -0.39 is 5.97 Å². The minimum absolute atomic E-state index is 0.